The number of hydrogen-bond acceptors (Lipinski definition) is 3. The van der Waals surface area contributed by atoms with Gasteiger partial charge in [-0.1, -0.05) is 0 Å². The zero-order valence-electron chi connectivity index (χ0n) is 11.3. The van der Waals surface area contributed by atoms with Gasteiger partial charge in [0.2, 0.25) is 0 Å². The molecule has 0 fully saturated rings. The van der Waals surface area contributed by atoms with E-state index in [9.17, 15) is 18.4 Å². The molecule has 0 aliphatic carbocycles. The Bertz CT molecular complexity index is 538. The highest BCUT2D eigenvalue weighted by Crippen LogP contribution is 2.15. The zero-order chi connectivity index (χ0) is 15.5. The van der Waals surface area contributed by atoms with Crippen LogP contribution in [0.3, 0.4) is 0 Å². The van der Waals surface area contributed by atoms with Gasteiger partial charge in [-0.25, -0.2) is 18.4 Å². The molecule has 0 saturated carbocycles. The SMILES string of the molecule is CC(C)(C)OC(=O)NCc1cc(F)c(C(=O)O)cc1F. The van der Waals surface area contributed by atoms with Crippen molar-refractivity contribution >= 4 is 12.1 Å². The monoisotopic (exact) mass is 287 g/mol. The molecule has 0 bridgehead atoms. The molecular formula is C13H15F2NO4. The summed E-state index contributed by atoms with van der Waals surface area (Å²) in [5, 5.41) is 10.9. The Morgan fingerprint density at radius 3 is 2.35 bits per heavy atom. The Morgan fingerprint density at radius 1 is 1.25 bits per heavy atom. The normalized spacial score (nSPS) is 11.1. The lowest BCUT2D eigenvalue weighted by atomic mass is 10.1. The van der Waals surface area contributed by atoms with Gasteiger partial charge in [0.1, 0.15) is 17.2 Å². The van der Waals surface area contributed by atoms with Crippen molar-refractivity contribution in [3.63, 3.8) is 0 Å². The first-order valence-electron chi connectivity index (χ1n) is 5.78. The molecule has 110 valence electrons. The molecule has 5 nitrogen and oxygen atoms in total. The van der Waals surface area contributed by atoms with E-state index in [4.69, 9.17) is 9.84 Å². The van der Waals surface area contributed by atoms with E-state index < -0.39 is 34.9 Å². The van der Waals surface area contributed by atoms with Gasteiger partial charge in [0, 0.05) is 12.1 Å². The van der Waals surface area contributed by atoms with Crippen LogP contribution in [-0.4, -0.2) is 22.8 Å². The standard InChI is InChI=1S/C13H15F2NO4/c1-13(2,3)20-12(19)16-6-7-4-10(15)8(11(17)18)5-9(7)14/h4-5H,6H2,1-3H3,(H,16,19)(H,17,18). The summed E-state index contributed by atoms with van der Waals surface area (Å²) in [7, 11) is 0. The number of hydrogen-bond donors (Lipinski definition) is 2. The summed E-state index contributed by atoms with van der Waals surface area (Å²) in [6.07, 6.45) is -0.778. The van der Waals surface area contributed by atoms with Crippen LogP contribution >= 0.6 is 0 Å². The Labute approximate surface area is 114 Å². The van der Waals surface area contributed by atoms with Crippen molar-refractivity contribution in [3.8, 4) is 0 Å². The summed E-state index contributed by atoms with van der Waals surface area (Å²) in [4.78, 5) is 22.0. The Balaban J connectivity index is 2.77. The Morgan fingerprint density at radius 2 is 1.85 bits per heavy atom. The van der Waals surface area contributed by atoms with E-state index in [1.165, 1.54) is 0 Å². The maximum atomic E-state index is 13.6. The van der Waals surface area contributed by atoms with E-state index in [0.717, 1.165) is 6.07 Å². The lowest BCUT2D eigenvalue weighted by Crippen LogP contribution is -2.32. The molecule has 0 aliphatic rings. The third-order valence-corrected chi connectivity index (χ3v) is 2.19. The highest BCUT2D eigenvalue weighted by Gasteiger charge is 2.18. The Hall–Kier alpha value is -2.18. The first-order valence-corrected chi connectivity index (χ1v) is 5.78. The van der Waals surface area contributed by atoms with Crippen LogP contribution in [-0.2, 0) is 11.3 Å². The largest absolute Gasteiger partial charge is 0.478 e. The molecule has 0 atom stereocenters. The molecular weight excluding hydrogens is 272 g/mol. The van der Waals surface area contributed by atoms with Gasteiger partial charge < -0.3 is 15.2 Å². The van der Waals surface area contributed by atoms with Crippen LogP contribution in [0.5, 0.6) is 0 Å². The van der Waals surface area contributed by atoms with Gasteiger partial charge in [0.05, 0.1) is 5.56 Å². The van der Waals surface area contributed by atoms with Crippen molar-refractivity contribution in [2.45, 2.75) is 32.9 Å². The van der Waals surface area contributed by atoms with Gasteiger partial charge >= 0.3 is 12.1 Å². The van der Waals surface area contributed by atoms with Gasteiger partial charge in [0.25, 0.3) is 0 Å². The van der Waals surface area contributed by atoms with Crippen LogP contribution in [0.2, 0.25) is 0 Å². The minimum atomic E-state index is -1.56. The topological polar surface area (TPSA) is 75.6 Å². The first-order chi connectivity index (χ1) is 9.10. The van der Waals surface area contributed by atoms with Gasteiger partial charge in [-0.05, 0) is 32.9 Å². The fraction of sp³-hybridized carbons (Fsp3) is 0.385. The quantitative estimate of drug-likeness (QED) is 0.896. The molecule has 0 aliphatic heterocycles. The number of nitrogens with one attached hydrogen (secondary N) is 1. The first kappa shape index (κ1) is 15.9. The fourth-order valence-electron chi connectivity index (χ4n) is 1.37. The number of carboxylic acid groups (broad SMARTS) is 1. The van der Waals surface area contributed by atoms with E-state index in [1.807, 2.05) is 0 Å². The van der Waals surface area contributed by atoms with Crippen molar-refractivity contribution in [3.05, 3.63) is 34.9 Å². The highest BCUT2D eigenvalue weighted by molar-refractivity contribution is 5.88. The lowest BCUT2D eigenvalue weighted by Gasteiger charge is -2.19. The molecule has 7 heteroatoms. The van der Waals surface area contributed by atoms with Gasteiger partial charge in [-0.3, -0.25) is 0 Å². The number of carboxylic acids is 1. The molecule has 1 rings (SSSR count). The van der Waals surface area contributed by atoms with E-state index in [-0.39, 0.29) is 12.1 Å². The predicted molar refractivity (Wildman–Crippen MR) is 66.4 cm³/mol. The number of halogens is 2. The summed E-state index contributed by atoms with van der Waals surface area (Å²) in [6.45, 7) is 4.68. The number of carbonyl (C=O) groups is 2. The number of ether oxygens (including phenoxy) is 1. The molecule has 0 unspecified atom stereocenters. The number of aromatic carboxylic acids is 1. The van der Waals surface area contributed by atoms with Crippen LogP contribution in [0.25, 0.3) is 0 Å². The zero-order valence-corrected chi connectivity index (χ0v) is 11.3. The van der Waals surface area contributed by atoms with Crippen molar-refractivity contribution in [2.24, 2.45) is 0 Å². The molecule has 0 spiro atoms. The Kier molecular flexibility index (Phi) is 4.65. The van der Waals surface area contributed by atoms with Crippen LogP contribution in [0, 0.1) is 11.6 Å². The second-order valence-corrected chi connectivity index (χ2v) is 5.08. The summed E-state index contributed by atoms with van der Waals surface area (Å²) < 4.78 is 31.9. The second-order valence-electron chi connectivity index (χ2n) is 5.08. The number of alkyl carbamates (subject to hydrolysis) is 1. The molecule has 1 amide bonds. The summed E-state index contributed by atoms with van der Waals surface area (Å²) in [5.74, 6) is -3.55. The lowest BCUT2D eigenvalue weighted by molar-refractivity contribution is 0.0522. The van der Waals surface area contributed by atoms with Crippen LogP contribution in [0.4, 0.5) is 13.6 Å². The van der Waals surface area contributed by atoms with Crippen molar-refractivity contribution in [2.75, 3.05) is 0 Å². The van der Waals surface area contributed by atoms with E-state index in [0.29, 0.717) is 6.07 Å². The third-order valence-electron chi connectivity index (χ3n) is 2.19. The van der Waals surface area contributed by atoms with Gasteiger partial charge in [-0.15, -0.1) is 0 Å². The number of carbonyl (C=O) groups excluding carboxylic acids is 1. The van der Waals surface area contributed by atoms with E-state index in [1.54, 1.807) is 20.8 Å². The predicted octanol–water partition coefficient (Wildman–Crippen LogP) is 2.69. The average Bonchev–Trinajstić information content (AvgIpc) is 2.27. The fourth-order valence-corrected chi connectivity index (χ4v) is 1.37. The molecule has 2 N–H and O–H groups in total. The third kappa shape index (κ3) is 4.49. The van der Waals surface area contributed by atoms with Crippen molar-refractivity contribution in [1.82, 2.24) is 5.32 Å². The minimum absolute atomic E-state index is 0.168. The van der Waals surface area contributed by atoms with Crippen molar-refractivity contribution in [1.29, 1.82) is 0 Å². The second kappa shape index (κ2) is 5.85. The molecule has 0 radical (unpaired) electrons. The van der Waals surface area contributed by atoms with E-state index >= 15 is 0 Å². The summed E-state index contributed by atoms with van der Waals surface area (Å²) >= 11 is 0. The molecule has 0 aromatic heterocycles. The maximum absolute atomic E-state index is 13.6. The van der Waals surface area contributed by atoms with Crippen molar-refractivity contribution < 1.29 is 28.2 Å². The average molecular weight is 287 g/mol. The van der Waals surface area contributed by atoms with Crippen LogP contribution < -0.4 is 5.32 Å². The number of benzene rings is 1. The molecule has 1 aromatic carbocycles. The van der Waals surface area contributed by atoms with Gasteiger partial charge in [-0.2, -0.15) is 0 Å². The molecule has 20 heavy (non-hydrogen) atoms. The van der Waals surface area contributed by atoms with Crippen LogP contribution in [0.15, 0.2) is 12.1 Å². The maximum Gasteiger partial charge on any atom is 0.407 e. The smallest absolute Gasteiger partial charge is 0.407 e. The van der Waals surface area contributed by atoms with Gasteiger partial charge in [0.15, 0.2) is 0 Å². The number of amides is 1. The molecule has 0 heterocycles. The highest BCUT2D eigenvalue weighted by atomic mass is 19.1. The summed E-state index contributed by atoms with van der Waals surface area (Å²) in [6, 6.07) is 1.31. The summed E-state index contributed by atoms with van der Waals surface area (Å²) in [5.41, 5.74) is -1.64. The molecule has 0 saturated heterocycles. The van der Waals surface area contributed by atoms with Crippen LogP contribution in [0.1, 0.15) is 36.7 Å². The minimum Gasteiger partial charge on any atom is -0.478 e. The molecule has 1 aromatic rings. The van der Waals surface area contributed by atoms with E-state index in [2.05, 4.69) is 5.32 Å². The number of rotatable bonds is 3.